The van der Waals surface area contributed by atoms with Crippen molar-refractivity contribution in [3.05, 3.63) is 0 Å². The maximum absolute atomic E-state index is 10.7. The first-order chi connectivity index (χ1) is 4.83. The molecule has 0 aromatic heterocycles. The van der Waals surface area contributed by atoms with E-state index in [0.717, 1.165) is 13.1 Å². The molecule has 0 aliphatic carbocycles. The predicted molar refractivity (Wildman–Crippen MR) is 36.8 cm³/mol. The second kappa shape index (κ2) is 5.55. The van der Waals surface area contributed by atoms with Crippen molar-refractivity contribution in [1.29, 1.82) is 0 Å². The average molecular weight is 224 g/mol. The minimum Gasteiger partial charge on any atom is -1.00 e. The first-order valence-electron chi connectivity index (χ1n) is 3.73. The molecule has 66 valence electrons. The number of rotatable bonds is 2. The van der Waals surface area contributed by atoms with Gasteiger partial charge in [-0.1, -0.05) is 0 Å². The zero-order valence-electron chi connectivity index (χ0n) is 6.73. The van der Waals surface area contributed by atoms with Crippen LogP contribution in [0.2, 0.25) is 0 Å². The van der Waals surface area contributed by atoms with Crippen LogP contribution in [-0.2, 0) is 9.53 Å². The number of likely N-dealkylation sites (tertiary alicyclic amines) is 1. The van der Waals surface area contributed by atoms with Gasteiger partial charge in [0.25, 0.3) is 0 Å². The molecular weight excluding hydrogens is 210 g/mol. The Balaban J connectivity index is 0.000001000. The van der Waals surface area contributed by atoms with Crippen LogP contribution in [0.1, 0.15) is 12.8 Å². The van der Waals surface area contributed by atoms with E-state index in [1.165, 1.54) is 24.9 Å². The van der Waals surface area contributed by atoms with E-state index in [-0.39, 0.29) is 23.0 Å². The quantitative estimate of drug-likeness (QED) is 0.483. The summed E-state index contributed by atoms with van der Waals surface area (Å²) in [4.78, 5) is 12.1. The predicted octanol–water partition coefficient (Wildman–Crippen LogP) is -4.16. The third-order valence-corrected chi connectivity index (χ3v) is 1.93. The summed E-state index contributed by atoms with van der Waals surface area (Å²) in [6, 6.07) is 0. The van der Waals surface area contributed by atoms with E-state index in [1.54, 1.807) is 0 Å². The number of esters is 1. The zero-order valence-corrected chi connectivity index (χ0v) is 8.32. The minimum absolute atomic E-state index is 0. The highest BCUT2D eigenvalue weighted by molar-refractivity contribution is 5.70. The van der Waals surface area contributed by atoms with E-state index in [4.69, 9.17) is 0 Å². The first kappa shape index (κ1) is 10.9. The summed E-state index contributed by atoms with van der Waals surface area (Å²) in [6.45, 7) is 2.82. The van der Waals surface area contributed by atoms with Crippen molar-refractivity contribution in [2.75, 3.05) is 26.7 Å². The summed E-state index contributed by atoms with van der Waals surface area (Å²) in [5.74, 6) is -0.0862. The monoisotopic (exact) mass is 223 g/mol. The Bertz CT molecular complexity index is 124. The Morgan fingerprint density at radius 2 is 2.00 bits per heavy atom. The van der Waals surface area contributed by atoms with Crippen molar-refractivity contribution in [3.8, 4) is 0 Å². The molecule has 0 unspecified atom stereocenters. The molecule has 4 heteroatoms. The van der Waals surface area contributed by atoms with Gasteiger partial charge >= 0.3 is 5.97 Å². The van der Waals surface area contributed by atoms with E-state index < -0.39 is 0 Å². The Labute approximate surface area is 77.5 Å². The maximum Gasteiger partial charge on any atom is 0.361 e. The Morgan fingerprint density at radius 3 is 2.45 bits per heavy atom. The Morgan fingerprint density at radius 1 is 1.45 bits per heavy atom. The van der Waals surface area contributed by atoms with Crippen molar-refractivity contribution in [3.63, 3.8) is 0 Å². The largest absolute Gasteiger partial charge is 1.00 e. The molecule has 0 atom stereocenters. The van der Waals surface area contributed by atoms with Gasteiger partial charge in [0.05, 0.1) is 20.2 Å². The molecule has 1 aliphatic rings. The van der Waals surface area contributed by atoms with E-state index in [0.29, 0.717) is 6.54 Å². The number of methoxy groups -OCH3 is 1. The van der Waals surface area contributed by atoms with Gasteiger partial charge in [-0.25, -0.2) is 4.79 Å². The number of carbonyl (C=O) groups is 1. The molecule has 3 nitrogen and oxygen atoms in total. The van der Waals surface area contributed by atoms with Crippen LogP contribution in [0.4, 0.5) is 0 Å². The van der Waals surface area contributed by atoms with Crippen LogP contribution in [0.5, 0.6) is 0 Å². The minimum atomic E-state index is -0.0862. The van der Waals surface area contributed by atoms with E-state index >= 15 is 0 Å². The second-order valence-corrected chi connectivity index (χ2v) is 2.71. The van der Waals surface area contributed by atoms with Crippen molar-refractivity contribution < 1.29 is 31.4 Å². The SMILES string of the molecule is COC(=O)C[NH+]1CCCC1.[Br-]. The van der Waals surface area contributed by atoms with Gasteiger partial charge in [0, 0.05) is 12.8 Å². The summed E-state index contributed by atoms with van der Waals surface area (Å²) >= 11 is 0. The van der Waals surface area contributed by atoms with Gasteiger partial charge in [-0.15, -0.1) is 0 Å². The molecule has 1 heterocycles. The third-order valence-electron chi connectivity index (χ3n) is 1.93. The maximum atomic E-state index is 10.7. The summed E-state index contributed by atoms with van der Waals surface area (Å²) in [6.07, 6.45) is 2.51. The third kappa shape index (κ3) is 3.72. The van der Waals surface area contributed by atoms with Crippen molar-refractivity contribution in [2.24, 2.45) is 0 Å². The van der Waals surface area contributed by atoms with Crippen LogP contribution < -0.4 is 21.9 Å². The number of hydrogen-bond donors (Lipinski definition) is 1. The van der Waals surface area contributed by atoms with Gasteiger partial charge in [0.15, 0.2) is 6.54 Å². The van der Waals surface area contributed by atoms with E-state index in [2.05, 4.69) is 4.74 Å². The van der Waals surface area contributed by atoms with Crippen molar-refractivity contribution >= 4 is 5.97 Å². The normalized spacial score (nSPS) is 17.5. The summed E-state index contributed by atoms with van der Waals surface area (Å²) in [5.41, 5.74) is 0. The lowest BCUT2D eigenvalue weighted by atomic mass is 10.4. The van der Waals surface area contributed by atoms with Gasteiger partial charge in [-0.2, -0.15) is 0 Å². The average Bonchev–Trinajstić information content (AvgIpc) is 2.40. The van der Waals surface area contributed by atoms with E-state index in [9.17, 15) is 4.79 Å². The highest BCUT2D eigenvalue weighted by atomic mass is 79.9. The summed E-state index contributed by atoms with van der Waals surface area (Å²) < 4.78 is 4.55. The molecule has 0 radical (unpaired) electrons. The fraction of sp³-hybridized carbons (Fsp3) is 0.857. The summed E-state index contributed by atoms with van der Waals surface area (Å²) in [7, 11) is 1.44. The standard InChI is InChI=1S/C7H13NO2.BrH/c1-10-7(9)6-8-4-2-3-5-8;/h2-6H2,1H3;1H. The van der Waals surface area contributed by atoms with Crippen LogP contribution in [-0.4, -0.2) is 32.7 Å². The second-order valence-electron chi connectivity index (χ2n) is 2.71. The van der Waals surface area contributed by atoms with Crippen molar-refractivity contribution in [2.45, 2.75) is 12.8 Å². The number of quaternary nitrogens is 1. The lowest BCUT2D eigenvalue weighted by Gasteiger charge is -2.08. The Hall–Kier alpha value is -0.0900. The number of ether oxygens (including phenoxy) is 1. The molecule has 1 rings (SSSR count). The number of carbonyl (C=O) groups excluding carboxylic acids is 1. The van der Waals surface area contributed by atoms with Gasteiger partial charge in [0.2, 0.25) is 0 Å². The molecule has 0 aromatic carbocycles. The molecule has 1 aliphatic heterocycles. The van der Waals surface area contributed by atoms with Crippen molar-refractivity contribution in [1.82, 2.24) is 0 Å². The topological polar surface area (TPSA) is 30.7 Å². The molecule has 0 aromatic rings. The highest BCUT2D eigenvalue weighted by Crippen LogP contribution is 1.86. The fourth-order valence-corrected chi connectivity index (χ4v) is 1.33. The molecule has 0 spiro atoms. The van der Waals surface area contributed by atoms with Crippen LogP contribution in [0.25, 0.3) is 0 Å². The molecule has 1 N–H and O–H groups in total. The molecule has 0 saturated carbocycles. The summed E-state index contributed by atoms with van der Waals surface area (Å²) in [5, 5.41) is 0. The molecule has 1 fully saturated rings. The van der Waals surface area contributed by atoms with Crippen LogP contribution in [0, 0.1) is 0 Å². The lowest BCUT2D eigenvalue weighted by Crippen LogP contribution is -3.10. The Kier molecular flexibility index (Phi) is 5.50. The highest BCUT2D eigenvalue weighted by Gasteiger charge is 2.18. The molecule has 0 bridgehead atoms. The first-order valence-corrected chi connectivity index (χ1v) is 3.73. The zero-order chi connectivity index (χ0) is 7.40. The van der Waals surface area contributed by atoms with Gasteiger partial charge in [0.1, 0.15) is 0 Å². The number of halogens is 1. The molecule has 1 saturated heterocycles. The van der Waals surface area contributed by atoms with Crippen LogP contribution in [0.15, 0.2) is 0 Å². The van der Waals surface area contributed by atoms with Gasteiger partial charge in [-0.05, 0) is 0 Å². The molecule has 0 amide bonds. The number of nitrogens with one attached hydrogen (secondary N) is 1. The van der Waals surface area contributed by atoms with Gasteiger partial charge < -0.3 is 26.6 Å². The lowest BCUT2D eigenvalue weighted by molar-refractivity contribution is -0.879. The van der Waals surface area contributed by atoms with E-state index in [1.807, 2.05) is 0 Å². The fourth-order valence-electron chi connectivity index (χ4n) is 1.33. The smallest absolute Gasteiger partial charge is 0.361 e. The van der Waals surface area contributed by atoms with Crippen LogP contribution >= 0.6 is 0 Å². The van der Waals surface area contributed by atoms with Gasteiger partial charge in [-0.3, -0.25) is 0 Å². The van der Waals surface area contributed by atoms with Crippen LogP contribution in [0.3, 0.4) is 0 Å². The molecule has 11 heavy (non-hydrogen) atoms. The number of hydrogen-bond acceptors (Lipinski definition) is 2. The molecular formula is C7H14BrNO2.